The summed E-state index contributed by atoms with van der Waals surface area (Å²) in [5.74, 6) is -0.885. The predicted octanol–water partition coefficient (Wildman–Crippen LogP) is 2.90. The molecule has 2 aromatic rings. The highest BCUT2D eigenvalue weighted by Gasteiger charge is 2.19. The lowest BCUT2D eigenvalue weighted by atomic mass is 10.1. The van der Waals surface area contributed by atoms with E-state index in [1.54, 1.807) is 24.3 Å². The highest BCUT2D eigenvalue weighted by Crippen LogP contribution is 2.17. The number of aromatic nitrogens is 1. The number of esters is 1. The molecule has 1 heterocycles. The molecule has 0 unspecified atom stereocenters. The molecule has 1 atom stereocenters. The van der Waals surface area contributed by atoms with Gasteiger partial charge in [0.05, 0.1) is 21.3 Å². The van der Waals surface area contributed by atoms with Gasteiger partial charge >= 0.3 is 5.97 Å². The van der Waals surface area contributed by atoms with Crippen LogP contribution < -0.4 is 0 Å². The van der Waals surface area contributed by atoms with Crippen molar-refractivity contribution in [3.05, 3.63) is 52.8 Å². The first-order valence-corrected chi connectivity index (χ1v) is 9.22. The Labute approximate surface area is 144 Å². The molecule has 6 heteroatoms. The van der Waals surface area contributed by atoms with E-state index in [0.29, 0.717) is 10.5 Å². The van der Waals surface area contributed by atoms with Gasteiger partial charge in [0.15, 0.2) is 6.61 Å². The third-order valence-electron chi connectivity index (χ3n) is 3.94. The summed E-state index contributed by atoms with van der Waals surface area (Å²) in [7, 11) is -1.31. The fraction of sp³-hybridized carbons (Fsp3) is 0.333. The van der Waals surface area contributed by atoms with E-state index in [0.717, 1.165) is 17.9 Å². The van der Waals surface area contributed by atoms with Crippen molar-refractivity contribution in [1.82, 2.24) is 4.57 Å². The number of ether oxygens (including phenoxy) is 1. The molecular weight excluding hydrogens is 326 g/mol. The topological polar surface area (TPSA) is 65.4 Å². The fourth-order valence-electron chi connectivity index (χ4n) is 2.74. The second-order valence-electron chi connectivity index (χ2n) is 5.48. The van der Waals surface area contributed by atoms with Crippen molar-refractivity contribution < 1.29 is 18.5 Å². The zero-order valence-corrected chi connectivity index (χ0v) is 15.1. The smallest absolute Gasteiger partial charge is 0.339 e. The van der Waals surface area contributed by atoms with Gasteiger partial charge in [0.1, 0.15) is 0 Å². The molecule has 1 aromatic carbocycles. The molecule has 2 rings (SSSR count). The molecule has 128 valence electrons. The maximum absolute atomic E-state index is 12.4. The molecule has 0 bridgehead atoms. The number of nitrogens with zero attached hydrogens (tertiary/aromatic N) is 1. The van der Waals surface area contributed by atoms with Crippen LogP contribution in [0, 0.1) is 13.8 Å². The second-order valence-corrected chi connectivity index (χ2v) is 6.83. The van der Waals surface area contributed by atoms with E-state index in [1.165, 1.54) is 6.26 Å². The molecule has 0 aliphatic carbocycles. The highest BCUT2D eigenvalue weighted by atomic mass is 32.2. The van der Waals surface area contributed by atoms with E-state index in [-0.39, 0.29) is 18.0 Å². The SMILES string of the molecule is CCn1c(C)cc(C(=O)COC(=O)c2ccccc2[S@@](C)=O)c1C. The summed E-state index contributed by atoms with van der Waals surface area (Å²) in [4.78, 5) is 25.0. The average Bonchev–Trinajstić information content (AvgIpc) is 2.86. The maximum Gasteiger partial charge on any atom is 0.339 e. The minimum Gasteiger partial charge on any atom is -0.454 e. The summed E-state index contributed by atoms with van der Waals surface area (Å²) in [5, 5.41) is 0. The number of benzene rings is 1. The van der Waals surface area contributed by atoms with Gasteiger partial charge in [0, 0.05) is 29.8 Å². The van der Waals surface area contributed by atoms with E-state index in [1.807, 2.05) is 31.4 Å². The molecular formula is C18H21NO4S. The van der Waals surface area contributed by atoms with Gasteiger partial charge in [-0.25, -0.2) is 4.79 Å². The fourth-order valence-corrected chi connectivity index (χ4v) is 3.47. The van der Waals surface area contributed by atoms with Crippen molar-refractivity contribution in [3.63, 3.8) is 0 Å². The third kappa shape index (κ3) is 3.64. The molecule has 0 radical (unpaired) electrons. The molecule has 0 aliphatic heterocycles. The first-order valence-electron chi connectivity index (χ1n) is 7.66. The monoisotopic (exact) mass is 347 g/mol. The first kappa shape index (κ1) is 18.1. The number of carbonyl (C=O) groups excluding carboxylic acids is 2. The Balaban J connectivity index is 2.13. The second kappa shape index (κ2) is 7.57. The zero-order valence-electron chi connectivity index (χ0n) is 14.3. The number of carbonyl (C=O) groups is 2. The van der Waals surface area contributed by atoms with Crippen molar-refractivity contribution in [2.45, 2.75) is 32.2 Å². The van der Waals surface area contributed by atoms with Crippen molar-refractivity contribution in [2.75, 3.05) is 12.9 Å². The molecule has 0 N–H and O–H groups in total. The van der Waals surface area contributed by atoms with E-state index in [2.05, 4.69) is 0 Å². The van der Waals surface area contributed by atoms with Crippen LogP contribution in [0.15, 0.2) is 35.2 Å². The highest BCUT2D eigenvalue weighted by molar-refractivity contribution is 7.84. The Kier molecular flexibility index (Phi) is 5.72. The van der Waals surface area contributed by atoms with Crippen LogP contribution in [0.2, 0.25) is 0 Å². The van der Waals surface area contributed by atoms with Crippen LogP contribution in [-0.4, -0.2) is 33.4 Å². The summed E-state index contributed by atoms with van der Waals surface area (Å²) >= 11 is 0. The summed E-state index contributed by atoms with van der Waals surface area (Å²) < 4.78 is 18.9. The van der Waals surface area contributed by atoms with Crippen LogP contribution in [0.5, 0.6) is 0 Å². The van der Waals surface area contributed by atoms with E-state index in [9.17, 15) is 13.8 Å². The molecule has 0 saturated heterocycles. The van der Waals surface area contributed by atoms with Gasteiger partial charge in [-0.2, -0.15) is 0 Å². The first-order chi connectivity index (χ1) is 11.4. The standard InChI is InChI=1S/C18H21NO4S/c1-5-19-12(2)10-15(13(19)3)16(20)11-23-18(21)14-8-6-7-9-17(14)24(4)22/h6-10H,5,11H2,1-4H3/t24-/m1/s1. The zero-order chi connectivity index (χ0) is 17.9. The van der Waals surface area contributed by atoms with Gasteiger partial charge in [0.25, 0.3) is 0 Å². The van der Waals surface area contributed by atoms with Crippen LogP contribution in [-0.2, 0) is 22.1 Å². The quantitative estimate of drug-likeness (QED) is 0.595. The van der Waals surface area contributed by atoms with E-state index in [4.69, 9.17) is 4.74 Å². The van der Waals surface area contributed by atoms with Gasteiger partial charge in [-0.3, -0.25) is 9.00 Å². The van der Waals surface area contributed by atoms with Gasteiger partial charge in [-0.1, -0.05) is 12.1 Å². The number of ketones is 1. The van der Waals surface area contributed by atoms with Crippen molar-refractivity contribution in [1.29, 1.82) is 0 Å². The Hall–Kier alpha value is -2.21. The maximum atomic E-state index is 12.4. The van der Waals surface area contributed by atoms with Gasteiger partial charge < -0.3 is 9.30 Å². The predicted molar refractivity (Wildman–Crippen MR) is 93.0 cm³/mol. The average molecular weight is 347 g/mol. The molecule has 0 spiro atoms. The van der Waals surface area contributed by atoms with Crippen molar-refractivity contribution in [2.24, 2.45) is 0 Å². The van der Waals surface area contributed by atoms with E-state index < -0.39 is 16.8 Å². The normalized spacial score (nSPS) is 12.0. The van der Waals surface area contributed by atoms with Crippen molar-refractivity contribution in [3.8, 4) is 0 Å². The largest absolute Gasteiger partial charge is 0.454 e. The summed E-state index contributed by atoms with van der Waals surface area (Å²) in [6.45, 7) is 6.27. The van der Waals surface area contributed by atoms with Crippen LogP contribution >= 0.6 is 0 Å². The lowest BCUT2D eigenvalue weighted by Gasteiger charge is -2.08. The van der Waals surface area contributed by atoms with Crippen LogP contribution in [0.25, 0.3) is 0 Å². The summed E-state index contributed by atoms with van der Waals surface area (Å²) in [6, 6.07) is 8.35. The lowest BCUT2D eigenvalue weighted by molar-refractivity contribution is 0.0471. The van der Waals surface area contributed by atoms with Crippen LogP contribution in [0.4, 0.5) is 0 Å². The Morgan fingerprint density at radius 2 is 1.83 bits per heavy atom. The van der Waals surface area contributed by atoms with Crippen LogP contribution in [0.3, 0.4) is 0 Å². The third-order valence-corrected chi connectivity index (χ3v) is 4.92. The minimum atomic E-state index is -1.31. The van der Waals surface area contributed by atoms with Gasteiger partial charge in [-0.15, -0.1) is 0 Å². The Morgan fingerprint density at radius 3 is 2.42 bits per heavy atom. The molecule has 24 heavy (non-hydrogen) atoms. The summed E-state index contributed by atoms with van der Waals surface area (Å²) in [6.07, 6.45) is 1.50. The number of Topliss-reactive ketones (excluding diaryl/α,β-unsaturated/α-hetero) is 1. The molecule has 0 saturated carbocycles. The van der Waals surface area contributed by atoms with Gasteiger partial charge in [0.2, 0.25) is 5.78 Å². The van der Waals surface area contributed by atoms with Gasteiger partial charge in [-0.05, 0) is 39.0 Å². The van der Waals surface area contributed by atoms with E-state index >= 15 is 0 Å². The molecule has 5 nitrogen and oxygen atoms in total. The minimum absolute atomic E-state index is 0.227. The number of hydrogen-bond donors (Lipinski definition) is 0. The number of rotatable bonds is 6. The van der Waals surface area contributed by atoms with Crippen molar-refractivity contribution >= 4 is 22.6 Å². The molecule has 0 fully saturated rings. The lowest BCUT2D eigenvalue weighted by Crippen LogP contribution is -2.16. The molecule has 0 amide bonds. The number of aryl methyl sites for hydroxylation is 1. The number of hydrogen-bond acceptors (Lipinski definition) is 4. The Bertz CT molecular complexity index is 807. The summed E-state index contributed by atoms with van der Waals surface area (Å²) in [5.41, 5.74) is 2.65. The van der Waals surface area contributed by atoms with Crippen LogP contribution in [0.1, 0.15) is 39.0 Å². The molecule has 0 aliphatic rings. The molecule has 1 aromatic heterocycles. The Morgan fingerprint density at radius 1 is 1.17 bits per heavy atom.